The molecule has 0 aliphatic carbocycles. The minimum atomic E-state index is 0.423. The van der Waals surface area contributed by atoms with Gasteiger partial charge in [0.15, 0.2) is 0 Å². The lowest BCUT2D eigenvalue weighted by molar-refractivity contribution is 0.113. The van der Waals surface area contributed by atoms with Gasteiger partial charge in [0.25, 0.3) is 4.84 Å². The largest absolute Gasteiger partial charge is 0.494 e. The van der Waals surface area contributed by atoms with Crippen LogP contribution in [0.5, 0.6) is 5.75 Å². The van der Waals surface area contributed by atoms with Crippen molar-refractivity contribution in [3.8, 4) is 17.2 Å². The van der Waals surface area contributed by atoms with Gasteiger partial charge in [-0.05, 0) is 63.2 Å². The Morgan fingerprint density at radius 2 is 2.09 bits per heavy atom. The van der Waals surface area contributed by atoms with Crippen LogP contribution in [0.1, 0.15) is 33.1 Å². The molecule has 0 saturated carbocycles. The first-order valence-electron chi connectivity index (χ1n) is 8.22. The second kappa shape index (κ2) is 7.27. The van der Waals surface area contributed by atoms with E-state index in [2.05, 4.69) is 16.9 Å². The van der Waals surface area contributed by atoms with Crippen molar-refractivity contribution in [2.24, 2.45) is 0 Å². The van der Waals surface area contributed by atoms with Gasteiger partial charge >= 0.3 is 0 Å². The van der Waals surface area contributed by atoms with Crippen molar-refractivity contribution in [2.45, 2.75) is 45.8 Å². The summed E-state index contributed by atoms with van der Waals surface area (Å²) in [5, 5.41) is 4.55. The molecule has 0 radical (unpaired) electrons. The lowest BCUT2D eigenvalue weighted by Crippen LogP contribution is -2.38. The molecule has 1 aliphatic rings. The fraction of sp³-hybridized carbons (Fsp3) is 0.529. The molecule has 124 valence electrons. The van der Waals surface area contributed by atoms with Gasteiger partial charge in [0.05, 0.1) is 13.3 Å². The van der Waals surface area contributed by atoms with Crippen molar-refractivity contribution >= 4 is 12.2 Å². The maximum Gasteiger partial charge on any atom is 0.288 e. The molecule has 0 N–H and O–H groups in total. The summed E-state index contributed by atoms with van der Waals surface area (Å²) >= 11 is 5.33. The van der Waals surface area contributed by atoms with E-state index in [1.165, 1.54) is 19.3 Å². The Morgan fingerprint density at radius 1 is 1.30 bits per heavy atom. The third kappa shape index (κ3) is 3.82. The van der Waals surface area contributed by atoms with Gasteiger partial charge < -0.3 is 9.15 Å². The Hall–Kier alpha value is -1.66. The van der Waals surface area contributed by atoms with Gasteiger partial charge in [0.2, 0.25) is 5.89 Å². The summed E-state index contributed by atoms with van der Waals surface area (Å²) in [5.41, 5.74) is 0.907. The number of hydrogen-bond acceptors (Lipinski definition) is 5. The second-order valence-electron chi connectivity index (χ2n) is 5.93. The summed E-state index contributed by atoms with van der Waals surface area (Å²) < 4.78 is 12.9. The molecule has 1 saturated heterocycles. The van der Waals surface area contributed by atoms with E-state index < -0.39 is 0 Å². The van der Waals surface area contributed by atoms with Crippen LogP contribution in [0.25, 0.3) is 11.5 Å². The molecule has 0 spiro atoms. The Balaban J connectivity index is 1.76. The second-order valence-corrected chi connectivity index (χ2v) is 6.28. The smallest absolute Gasteiger partial charge is 0.288 e. The molecule has 1 aromatic heterocycles. The maximum atomic E-state index is 5.68. The first kappa shape index (κ1) is 16.2. The molecule has 3 rings (SSSR count). The molecule has 2 aromatic rings. The highest BCUT2D eigenvalue weighted by molar-refractivity contribution is 7.71. The van der Waals surface area contributed by atoms with Gasteiger partial charge in [0, 0.05) is 18.2 Å². The van der Waals surface area contributed by atoms with E-state index in [1.54, 1.807) is 4.68 Å². The van der Waals surface area contributed by atoms with E-state index in [9.17, 15) is 0 Å². The normalized spacial score (nSPS) is 19.0. The van der Waals surface area contributed by atoms with E-state index in [1.807, 2.05) is 31.2 Å². The SMILES string of the molecule is CCOc1ccc(-c2nn(CN3CCCC[C@@H]3C)c(=S)o2)cc1. The molecule has 1 aromatic carbocycles. The zero-order valence-electron chi connectivity index (χ0n) is 13.7. The standard InChI is InChI=1S/C17H23N3O2S/c1-3-21-15-9-7-14(8-10-15)16-18-20(17(23)22-16)12-19-11-5-4-6-13(19)2/h7-10,13H,3-6,11-12H2,1-2H3/t13-/m0/s1. The molecule has 1 aliphatic heterocycles. The molecule has 6 heteroatoms. The first-order chi connectivity index (χ1) is 11.2. The number of nitrogens with zero attached hydrogens (tertiary/aromatic N) is 3. The average molecular weight is 333 g/mol. The van der Waals surface area contributed by atoms with Crippen molar-refractivity contribution < 1.29 is 9.15 Å². The van der Waals surface area contributed by atoms with Crippen molar-refractivity contribution in [1.82, 2.24) is 14.7 Å². The summed E-state index contributed by atoms with van der Waals surface area (Å²) in [5.74, 6) is 1.40. The van der Waals surface area contributed by atoms with Gasteiger partial charge in [-0.3, -0.25) is 4.90 Å². The van der Waals surface area contributed by atoms with E-state index in [-0.39, 0.29) is 0 Å². The van der Waals surface area contributed by atoms with Crippen LogP contribution in [-0.4, -0.2) is 33.9 Å². The van der Waals surface area contributed by atoms with Crippen molar-refractivity contribution in [3.05, 3.63) is 29.1 Å². The van der Waals surface area contributed by atoms with Crippen molar-refractivity contribution in [2.75, 3.05) is 13.2 Å². The molecule has 0 unspecified atom stereocenters. The van der Waals surface area contributed by atoms with Crippen LogP contribution in [0, 0.1) is 4.84 Å². The Labute approximate surface area is 141 Å². The highest BCUT2D eigenvalue weighted by Gasteiger charge is 2.20. The first-order valence-corrected chi connectivity index (χ1v) is 8.63. The fourth-order valence-corrected chi connectivity index (χ4v) is 3.09. The molecular formula is C17H23N3O2S. The summed E-state index contributed by atoms with van der Waals surface area (Å²) in [6.07, 6.45) is 3.78. The molecular weight excluding hydrogens is 310 g/mol. The lowest BCUT2D eigenvalue weighted by Gasteiger charge is -2.32. The molecule has 1 fully saturated rings. The summed E-state index contributed by atoms with van der Waals surface area (Å²) in [7, 11) is 0. The summed E-state index contributed by atoms with van der Waals surface area (Å²) in [6, 6.07) is 8.29. The molecule has 0 amide bonds. The molecule has 1 atom stereocenters. The topological polar surface area (TPSA) is 43.4 Å². The summed E-state index contributed by atoms with van der Waals surface area (Å²) in [6.45, 7) is 6.67. The van der Waals surface area contributed by atoms with Gasteiger partial charge in [-0.25, -0.2) is 4.68 Å². The number of likely N-dealkylation sites (tertiary alicyclic amines) is 1. The van der Waals surface area contributed by atoms with Crippen LogP contribution >= 0.6 is 12.2 Å². The highest BCUT2D eigenvalue weighted by atomic mass is 32.1. The highest BCUT2D eigenvalue weighted by Crippen LogP contribution is 2.22. The Bertz CT molecular complexity index is 693. The van der Waals surface area contributed by atoms with Gasteiger partial charge in [-0.2, -0.15) is 0 Å². The number of rotatable bonds is 5. The minimum Gasteiger partial charge on any atom is -0.494 e. The third-order valence-corrected chi connectivity index (χ3v) is 4.57. The fourth-order valence-electron chi connectivity index (χ4n) is 2.91. The number of benzene rings is 1. The van der Waals surface area contributed by atoms with Gasteiger partial charge in [0.1, 0.15) is 5.75 Å². The molecule has 0 bridgehead atoms. The van der Waals surface area contributed by atoms with Crippen molar-refractivity contribution in [1.29, 1.82) is 0 Å². The van der Waals surface area contributed by atoms with Crippen molar-refractivity contribution in [3.63, 3.8) is 0 Å². The maximum absolute atomic E-state index is 5.68. The number of hydrogen-bond donors (Lipinski definition) is 0. The van der Waals surface area contributed by atoms with E-state index in [0.29, 0.717) is 30.0 Å². The van der Waals surface area contributed by atoms with Crippen LogP contribution in [-0.2, 0) is 6.67 Å². The van der Waals surface area contributed by atoms with Crippen LogP contribution in [0.2, 0.25) is 0 Å². The number of aromatic nitrogens is 2. The van der Waals surface area contributed by atoms with Crippen LogP contribution in [0.3, 0.4) is 0 Å². The lowest BCUT2D eigenvalue weighted by atomic mass is 10.0. The van der Waals surface area contributed by atoms with Gasteiger partial charge in [-0.15, -0.1) is 5.10 Å². The zero-order valence-corrected chi connectivity index (χ0v) is 14.5. The Morgan fingerprint density at radius 3 is 2.78 bits per heavy atom. The van der Waals surface area contributed by atoms with E-state index >= 15 is 0 Å². The monoisotopic (exact) mass is 333 g/mol. The van der Waals surface area contributed by atoms with Crippen LogP contribution in [0.15, 0.2) is 28.7 Å². The molecule has 23 heavy (non-hydrogen) atoms. The minimum absolute atomic E-state index is 0.423. The zero-order chi connectivity index (χ0) is 16.2. The number of piperidine rings is 1. The third-order valence-electron chi connectivity index (χ3n) is 4.27. The number of ether oxygens (including phenoxy) is 1. The summed E-state index contributed by atoms with van der Waals surface area (Å²) in [4.78, 5) is 2.83. The average Bonchev–Trinajstić information content (AvgIpc) is 2.92. The van der Waals surface area contributed by atoms with Crippen LogP contribution in [0.4, 0.5) is 0 Å². The van der Waals surface area contributed by atoms with Gasteiger partial charge in [-0.1, -0.05) is 6.42 Å². The molecule has 5 nitrogen and oxygen atoms in total. The van der Waals surface area contributed by atoms with E-state index in [4.69, 9.17) is 21.4 Å². The predicted molar refractivity (Wildman–Crippen MR) is 92.0 cm³/mol. The van der Waals surface area contributed by atoms with Crippen LogP contribution < -0.4 is 4.74 Å². The van der Waals surface area contributed by atoms with E-state index in [0.717, 1.165) is 17.9 Å². The predicted octanol–water partition coefficient (Wildman–Crippen LogP) is 4.10. The Kier molecular flexibility index (Phi) is 5.13. The molecule has 2 heterocycles. The quantitative estimate of drug-likeness (QED) is 0.771.